The Kier molecular flexibility index (Phi) is 7.11. The molecule has 1 N–H and O–H groups in total. The Hall–Kier alpha value is -3.20. The van der Waals surface area contributed by atoms with E-state index in [-0.39, 0.29) is 34.4 Å². The number of ketones is 1. The number of aryl methyl sites for hydroxylation is 1. The maximum absolute atomic E-state index is 13.7. The zero-order chi connectivity index (χ0) is 21.7. The zero-order valence-electron chi connectivity index (χ0n) is 15.8. The molecule has 2 rings (SSSR count). The van der Waals surface area contributed by atoms with Crippen molar-refractivity contribution in [3.63, 3.8) is 0 Å². The summed E-state index contributed by atoms with van der Waals surface area (Å²) in [6.45, 7) is 3.50. The normalized spacial score (nSPS) is 10.4. The maximum atomic E-state index is 13.7. The number of rotatable bonds is 7. The highest BCUT2D eigenvalue weighted by Gasteiger charge is 2.29. The second-order valence-corrected chi connectivity index (χ2v) is 6.20. The van der Waals surface area contributed by atoms with Crippen molar-refractivity contribution in [3.05, 3.63) is 51.5 Å². The van der Waals surface area contributed by atoms with Crippen LogP contribution in [0, 0.1) is 12.7 Å². The molecule has 0 saturated carbocycles. The Labute approximate surface area is 169 Å². The van der Waals surface area contributed by atoms with E-state index < -0.39 is 41.6 Å². The molecule has 2 aromatic rings. The molecular formula is C19H17ClFNO7. The summed E-state index contributed by atoms with van der Waals surface area (Å²) < 4.78 is 28.7. The summed E-state index contributed by atoms with van der Waals surface area (Å²) in [4.78, 5) is 48.0. The van der Waals surface area contributed by atoms with Crippen LogP contribution in [0.1, 0.15) is 50.7 Å². The first-order chi connectivity index (χ1) is 13.6. The summed E-state index contributed by atoms with van der Waals surface area (Å²) in [6, 6.07) is 3.34. The maximum Gasteiger partial charge on any atom is 0.344 e. The molecule has 1 aromatic carbocycles. The largest absolute Gasteiger partial charge is 0.462 e. The number of nitrogens with one attached hydrogen (secondary N) is 1. The van der Waals surface area contributed by atoms with Crippen LogP contribution in [0.5, 0.6) is 0 Å². The molecule has 0 atom stereocenters. The fourth-order valence-electron chi connectivity index (χ4n) is 2.48. The molecule has 10 heteroatoms. The van der Waals surface area contributed by atoms with Gasteiger partial charge in [0.15, 0.2) is 12.4 Å². The molecule has 8 nitrogen and oxygen atoms in total. The second-order valence-electron chi connectivity index (χ2n) is 5.76. The molecule has 154 valence electrons. The number of esters is 2. The predicted octanol–water partition coefficient (Wildman–Crippen LogP) is 3.56. The molecule has 0 aliphatic carbocycles. The van der Waals surface area contributed by atoms with E-state index in [4.69, 9.17) is 25.5 Å². The van der Waals surface area contributed by atoms with Gasteiger partial charge < -0.3 is 13.9 Å². The van der Waals surface area contributed by atoms with Gasteiger partial charge in [0.1, 0.15) is 17.1 Å². The first kappa shape index (κ1) is 22.1. The van der Waals surface area contributed by atoms with Crippen molar-refractivity contribution >= 4 is 41.1 Å². The summed E-state index contributed by atoms with van der Waals surface area (Å²) in [5, 5.41) is 2.34. The van der Waals surface area contributed by atoms with E-state index in [1.165, 1.54) is 19.9 Å². The van der Waals surface area contributed by atoms with Crippen LogP contribution < -0.4 is 5.32 Å². The number of amides is 1. The average Bonchev–Trinajstić information content (AvgIpc) is 2.96. The SMILES string of the molecule is CCOC(=O)c1c(NC(=O)COC(=O)c2ccc(Cl)cc2F)oc(C)c1C(C)=O. The minimum absolute atomic E-state index is 0.0287. The lowest BCUT2D eigenvalue weighted by Gasteiger charge is -2.07. The summed E-state index contributed by atoms with van der Waals surface area (Å²) in [5.41, 5.74) is -0.665. The molecule has 0 aliphatic heterocycles. The Morgan fingerprint density at radius 1 is 1.14 bits per heavy atom. The quantitative estimate of drug-likeness (QED) is 0.533. The topological polar surface area (TPSA) is 112 Å². The van der Waals surface area contributed by atoms with Crippen molar-refractivity contribution in [3.8, 4) is 0 Å². The molecule has 0 bridgehead atoms. The van der Waals surface area contributed by atoms with Gasteiger partial charge in [-0.05, 0) is 39.0 Å². The molecule has 1 heterocycles. The van der Waals surface area contributed by atoms with E-state index in [1.54, 1.807) is 6.92 Å². The van der Waals surface area contributed by atoms with Gasteiger partial charge in [0, 0.05) is 5.02 Å². The second kappa shape index (κ2) is 9.33. The molecular weight excluding hydrogens is 409 g/mol. The number of benzene rings is 1. The minimum atomic E-state index is -1.08. The van der Waals surface area contributed by atoms with Gasteiger partial charge in [0.05, 0.1) is 17.7 Å². The number of halogens is 2. The van der Waals surface area contributed by atoms with Crippen molar-refractivity contribution < 1.29 is 37.5 Å². The Bertz CT molecular complexity index is 983. The fourth-order valence-corrected chi connectivity index (χ4v) is 2.64. The van der Waals surface area contributed by atoms with Crippen LogP contribution in [0.15, 0.2) is 22.6 Å². The van der Waals surface area contributed by atoms with E-state index in [9.17, 15) is 23.6 Å². The van der Waals surface area contributed by atoms with Crippen LogP contribution in [0.2, 0.25) is 5.02 Å². The van der Waals surface area contributed by atoms with Gasteiger partial charge >= 0.3 is 11.9 Å². The number of carbonyl (C=O) groups is 4. The third-order valence-electron chi connectivity index (χ3n) is 3.65. The zero-order valence-corrected chi connectivity index (χ0v) is 16.5. The van der Waals surface area contributed by atoms with E-state index in [1.807, 2.05) is 0 Å². The van der Waals surface area contributed by atoms with Gasteiger partial charge in [-0.3, -0.25) is 14.9 Å². The summed E-state index contributed by atoms with van der Waals surface area (Å²) in [5.74, 6) is -4.38. The molecule has 0 fully saturated rings. The van der Waals surface area contributed by atoms with Gasteiger partial charge in [-0.25, -0.2) is 14.0 Å². The molecule has 0 unspecified atom stereocenters. The van der Waals surface area contributed by atoms with Gasteiger partial charge in [-0.15, -0.1) is 0 Å². The molecule has 0 aliphatic rings. The minimum Gasteiger partial charge on any atom is -0.462 e. The van der Waals surface area contributed by atoms with Crippen LogP contribution in [0.25, 0.3) is 0 Å². The first-order valence-electron chi connectivity index (χ1n) is 8.39. The molecule has 0 spiro atoms. The molecule has 1 aromatic heterocycles. The van der Waals surface area contributed by atoms with Crippen LogP contribution in [0.4, 0.5) is 10.3 Å². The van der Waals surface area contributed by atoms with Crippen LogP contribution in [-0.2, 0) is 14.3 Å². The lowest BCUT2D eigenvalue weighted by Crippen LogP contribution is -2.22. The van der Waals surface area contributed by atoms with Crippen molar-refractivity contribution in [1.82, 2.24) is 0 Å². The van der Waals surface area contributed by atoms with E-state index in [0.717, 1.165) is 12.1 Å². The molecule has 0 saturated heterocycles. The lowest BCUT2D eigenvalue weighted by molar-refractivity contribution is -0.119. The Morgan fingerprint density at radius 3 is 2.41 bits per heavy atom. The average molecular weight is 426 g/mol. The van der Waals surface area contributed by atoms with E-state index in [2.05, 4.69) is 5.32 Å². The highest BCUT2D eigenvalue weighted by atomic mass is 35.5. The van der Waals surface area contributed by atoms with Crippen molar-refractivity contribution in [1.29, 1.82) is 0 Å². The van der Waals surface area contributed by atoms with Crippen molar-refractivity contribution in [2.24, 2.45) is 0 Å². The Balaban J connectivity index is 2.14. The van der Waals surface area contributed by atoms with E-state index >= 15 is 0 Å². The number of anilines is 1. The molecule has 29 heavy (non-hydrogen) atoms. The van der Waals surface area contributed by atoms with Crippen molar-refractivity contribution in [2.45, 2.75) is 20.8 Å². The van der Waals surface area contributed by atoms with Gasteiger partial charge in [-0.2, -0.15) is 0 Å². The van der Waals surface area contributed by atoms with Crippen LogP contribution >= 0.6 is 11.6 Å². The lowest BCUT2D eigenvalue weighted by atomic mass is 10.1. The van der Waals surface area contributed by atoms with Gasteiger partial charge in [0.2, 0.25) is 5.88 Å². The number of ether oxygens (including phenoxy) is 2. The van der Waals surface area contributed by atoms with Crippen LogP contribution in [-0.4, -0.2) is 36.8 Å². The smallest absolute Gasteiger partial charge is 0.344 e. The summed E-state index contributed by atoms with van der Waals surface area (Å²) in [7, 11) is 0. The number of hydrogen-bond acceptors (Lipinski definition) is 7. The van der Waals surface area contributed by atoms with Crippen molar-refractivity contribution in [2.75, 3.05) is 18.5 Å². The third kappa shape index (κ3) is 5.20. The van der Waals surface area contributed by atoms with Gasteiger partial charge in [0.25, 0.3) is 5.91 Å². The molecule has 1 amide bonds. The summed E-state index contributed by atoms with van der Waals surface area (Å²) in [6.07, 6.45) is 0. The van der Waals surface area contributed by atoms with Gasteiger partial charge in [-0.1, -0.05) is 11.6 Å². The standard InChI is InChI=1S/C19H17ClFNO7/c1-4-27-19(26)16-15(9(2)23)10(3)29-17(16)22-14(24)8-28-18(25)12-6-5-11(20)7-13(12)21/h5-7H,4,8H2,1-3H3,(H,22,24). The number of furan rings is 1. The summed E-state index contributed by atoms with van der Waals surface area (Å²) >= 11 is 5.61. The highest BCUT2D eigenvalue weighted by Crippen LogP contribution is 2.28. The molecule has 0 radical (unpaired) electrons. The third-order valence-corrected chi connectivity index (χ3v) is 3.89. The predicted molar refractivity (Wildman–Crippen MR) is 99.7 cm³/mol. The number of hydrogen-bond donors (Lipinski definition) is 1. The van der Waals surface area contributed by atoms with Crippen LogP contribution in [0.3, 0.4) is 0 Å². The Morgan fingerprint density at radius 2 is 1.83 bits per heavy atom. The first-order valence-corrected chi connectivity index (χ1v) is 8.76. The van der Waals surface area contributed by atoms with E-state index in [0.29, 0.717) is 0 Å². The number of Topliss-reactive ketones (excluding diaryl/α,β-unsaturated/α-hetero) is 1. The number of carbonyl (C=O) groups excluding carboxylic acids is 4. The monoisotopic (exact) mass is 425 g/mol. The fraction of sp³-hybridized carbons (Fsp3) is 0.263. The highest BCUT2D eigenvalue weighted by molar-refractivity contribution is 6.30.